The monoisotopic (exact) mass is 1140 g/mol. The highest BCUT2D eigenvalue weighted by molar-refractivity contribution is 5.76. The molecule has 2 fully saturated rings. The van der Waals surface area contributed by atoms with E-state index in [-0.39, 0.29) is 18.9 Å². The summed E-state index contributed by atoms with van der Waals surface area (Å²) in [4.78, 5) is 13.3. The summed E-state index contributed by atoms with van der Waals surface area (Å²) in [5.74, 6) is -0.234. The Morgan fingerprint density at radius 2 is 0.787 bits per heavy atom. The summed E-state index contributed by atoms with van der Waals surface area (Å²) in [7, 11) is 0. The number of hydrogen-bond donors (Lipinski definition) is 9. The molecular weight excluding hydrogens is 1010 g/mol. The number of hydrogen-bond acceptors (Lipinski definition) is 13. The molecule has 0 spiro atoms. The summed E-state index contributed by atoms with van der Waals surface area (Å²) in [6.45, 7) is 2.82. The maximum absolute atomic E-state index is 13.3. The number of carbonyl (C=O) groups is 1. The van der Waals surface area contributed by atoms with Gasteiger partial charge in [0.1, 0.15) is 48.8 Å². The van der Waals surface area contributed by atoms with Crippen molar-refractivity contribution in [1.82, 2.24) is 5.32 Å². The summed E-state index contributed by atoms with van der Waals surface area (Å²) in [6.07, 6.45) is 46.8. The molecule has 0 radical (unpaired) electrons. The molecule has 2 heterocycles. The van der Waals surface area contributed by atoms with Crippen LogP contribution >= 0.6 is 0 Å². The van der Waals surface area contributed by atoms with E-state index in [1.54, 1.807) is 6.08 Å². The molecule has 12 unspecified atom stereocenters. The number of aliphatic hydroxyl groups excluding tert-OH is 8. The van der Waals surface area contributed by atoms with Crippen molar-refractivity contribution >= 4 is 5.91 Å². The molecule has 0 aromatic rings. The molecule has 80 heavy (non-hydrogen) atoms. The normalized spacial score (nSPS) is 24.3. The molecule has 14 heteroatoms. The Bertz CT molecular complexity index is 1440. The van der Waals surface area contributed by atoms with Gasteiger partial charge in [0.25, 0.3) is 0 Å². The van der Waals surface area contributed by atoms with E-state index < -0.39 is 86.8 Å². The summed E-state index contributed by atoms with van der Waals surface area (Å²) in [5.41, 5.74) is 0. The minimum Gasteiger partial charge on any atom is -0.394 e. The highest BCUT2D eigenvalue weighted by Gasteiger charge is 2.51. The van der Waals surface area contributed by atoms with E-state index in [1.165, 1.54) is 231 Å². The smallest absolute Gasteiger partial charge is 0.220 e. The van der Waals surface area contributed by atoms with Gasteiger partial charge in [0.2, 0.25) is 5.91 Å². The second kappa shape index (κ2) is 51.9. The predicted octanol–water partition coefficient (Wildman–Crippen LogP) is 12.8. The second-order valence-corrected chi connectivity index (χ2v) is 24.0. The fourth-order valence-electron chi connectivity index (χ4n) is 11.2. The number of amides is 1. The third-order valence-electron chi connectivity index (χ3n) is 16.6. The van der Waals surface area contributed by atoms with Gasteiger partial charge >= 0.3 is 0 Å². The zero-order valence-corrected chi connectivity index (χ0v) is 51.1. The van der Waals surface area contributed by atoms with Crippen molar-refractivity contribution in [2.45, 2.75) is 370 Å². The van der Waals surface area contributed by atoms with Crippen LogP contribution in [0.5, 0.6) is 0 Å². The van der Waals surface area contributed by atoms with Crippen LogP contribution in [-0.4, -0.2) is 140 Å². The van der Waals surface area contributed by atoms with E-state index in [0.717, 1.165) is 38.5 Å². The average molecular weight is 1140 g/mol. The molecule has 0 aromatic carbocycles. The van der Waals surface area contributed by atoms with Gasteiger partial charge in [0.05, 0.1) is 32.0 Å². The topological polar surface area (TPSA) is 228 Å². The van der Waals surface area contributed by atoms with E-state index in [1.807, 2.05) is 6.08 Å². The van der Waals surface area contributed by atoms with Gasteiger partial charge in [-0.25, -0.2) is 0 Å². The zero-order valence-electron chi connectivity index (χ0n) is 51.1. The van der Waals surface area contributed by atoms with Crippen molar-refractivity contribution in [2.24, 2.45) is 0 Å². The van der Waals surface area contributed by atoms with Gasteiger partial charge in [-0.1, -0.05) is 269 Å². The number of ether oxygens (including phenoxy) is 4. The Morgan fingerprint density at radius 1 is 0.438 bits per heavy atom. The van der Waals surface area contributed by atoms with Crippen molar-refractivity contribution in [1.29, 1.82) is 0 Å². The standard InChI is InChI=1S/C66H125NO13/c1-3-5-7-9-11-13-15-17-18-19-20-21-22-23-24-25-26-27-28-29-30-31-32-33-34-35-36-38-40-42-44-46-48-50-58(71)67-54(55(70)49-47-45-43-41-39-37-16-14-12-10-8-6-4-2)53-77-65-63(76)61(74)64(57(52-69)79-65)80-66-62(75)60(73)59(72)56(51-68)78-66/h19-20,47,49,54-57,59-66,68-70,72-76H,3-18,21-46,48,50-53H2,1-2H3,(H,67,71)/b20-19-,49-47+. The van der Waals surface area contributed by atoms with Crippen LogP contribution in [0.4, 0.5) is 0 Å². The Balaban J connectivity index is 1.61. The summed E-state index contributed by atoms with van der Waals surface area (Å²) < 4.78 is 22.8. The molecule has 1 amide bonds. The molecule has 0 saturated carbocycles. The van der Waals surface area contributed by atoms with Gasteiger partial charge in [-0.2, -0.15) is 0 Å². The molecule has 0 aliphatic carbocycles. The molecule has 2 aliphatic heterocycles. The number of nitrogens with one attached hydrogen (secondary N) is 1. The van der Waals surface area contributed by atoms with Crippen molar-refractivity contribution in [3.05, 3.63) is 24.3 Å². The molecule has 9 N–H and O–H groups in total. The zero-order chi connectivity index (χ0) is 58.1. The van der Waals surface area contributed by atoms with Crippen LogP contribution in [0.3, 0.4) is 0 Å². The second-order valence-electron chi connectivity index (χ2n) is 24.0. The molecule has 14 nitrogen and oxygen atoms in total. The van der Waals surface area contributed by atoms with E-state index in [4.69, 9.17) is 18.9 Å². The lowest BCUT2D eigenvalue weighted by Crippen LogP contribution is -2.65. The van der Waals surface area contributed by atoms with E-state index in [2.05, 4.69) is 31.3 Å². The van der Waals surface area contributed by atoms with Gasteiger partial charge in [0.15, 0.2) is 12.6 Å². The van der Waals surface area contributed by atoms with Gasteiger partial charge in [0, 0.05) is 6.42 Å². The molecule has 2 rings (SSSR count). The first-order valence-electron chi connectivity index (χ1n) is 33.6. The lowest BCUT2D eigenvalue weighted by Gasteiger charge is -2.46. The Hall–Kier alpha value is -1.53. The van der Waals surface area contributed by atoms with Crippen LogP contribution in [0, 0.1) is 0 Å². The van der Waals surface area contributed by atoms with Crippen LogP contribution in [0.1, 0.15) is 296 Å². The van der Waals surface area contributed by atoms with Crippen LogP contribution < -0.4 is 5.32 Å². The van der Waals surface area contributed by atoms with Crippen LogP contribution in [0.15, 0.2) is 24.3 Å². The lowest BCUT2D eigenvalue weighted by molar-refractivity contribution is -0.359. The van der Waals surface area contributed by atoms with Gasteiger partial charge in [-0.15, -0.1) is 0 Å². The van der Waals surface area contributed by atoms with Gasteiger partial charge in [-0.3, -0.25) is 4.79 Å². The molecule has 12 atom stereocenters. The number of unbranched alkanes of at least 4 members (excludes halogenated alkanes) is 40. The number of rotatable bonds is 55. The minimum absolute atomic E-state index is 0.234. The van der Waals surface area contributed by atoms with Crippen molar-refractivity contribution in [2.75, 3.05) is 19.8 Å². The van der Waals surface area contributed by atoms with Crippen LogP contribution in [0.2, 0.25) is 0 Å². The van der Waals surface area contributed by atoms with Crippen molar-refractivity contribution in [3.63, 3.8) is 0 Å². The molecule has 0 bridgehead atoms. The Labute approximate surface area is 488 Å². The van der Waals surface area contributed by atoms with E-state index >= 15 is 0 Å². The highest BCUT2D eigenvalue weighted by Crippen LogP contribution is 2.30. The molecule has 472 valence electrons. The predicted molar refractivity (Wildman–Crippen MR) is 323 cm³/mol. The SMILES string of the molecule is CCCCCCCCCC/C=C\CCCCCCCCCCCCCCCCCCCCCCCC(=O)NC(COC1OC(CO)C(OC2OC(CO)C(O)C(O)C2O)C(O)C1O)C(O)/C=C/CCCCCCCCCCCCC. The minimum atomic E-state index is -1.79. The van der Waals surface area contributed by atoms with Crippen LogP contribution in [0.25, 0.3) is 0 Å². The first kappa shape index (κ1) is 74.6. The largest absolute Gasteiger partial charge is 0.394 e. The Morgan fingerprint density at radius 3 is 1.19 bits per heavy atom. The third kappa shape index (κ3) is 36.3. The van der Waals surface area contributed by atoms with Gasteiger partial charge < -0.3 is 65.1 Å². The van der Waals surface area contributed by atoms with E-state index in [9.17, 15) is 45.6 Å². The maximum Gasteiger partial charge on any atom is 0.220 e. The number of allylic oxidation sites excluding steroid dienone is 3. The first-order valence-corrected chi connectivity index (χ1v) is 33.6. The molecular formula is C66H125NO13. The van der Waals surface area contributed by atoms with Crippen molar-refractivity contribution < 1.29 is 64.6 Å². The molecule has 0 aromatic heterocycles. The fraction of sp³-hybridized carbons (Fsp3) is 0.924. The van der Waals surface area contributed by atoms with Crippen LogP contribution in [-0.2, 0) is 23.7 Å². The first-order chi connectivity index (χ1) is 39.1. The fourth-order valence-corrected chi connectivity index (χ4v) is 11.2. The lowest BCUT2D eigenvalue weighted by atomic mass is 9.97. The number of aliphatic hydroxyl groups is 8. The third-order valence-corrected chi connectivity index (χ3v) is 16.6. The van der Waals surface area contributed by atoms with E-state index in [0.29, 0.717) is 6.42 Å². The molecule has 2 saturated heterocycles. The number of carbonyl (C=O) groups excluding carboxylic acids is 1. The summed E-state index contributed by atoms with van der Waals surface area (Å²) >= 11 is 0. The Kier molecular flexibility index (Phi) is 48.3. The highest BCUT2D eigenvalue weighted by atomic mass is 16.7. The van der Waals surface area contributed by atoms with Gasteiger partial charge in [-0.05, 0) is 44.9 Å². The summed E-state index contributed by atoms with van der Waals surface area (Å²) in [5, 5.41) is 87.1. The average Bonchev–Trinajstić information content (AvgIpc) is 3.49. The van der Waals surface area contributed by atoms with Crippen molar-refractivity contribution in [3.8, 4) is 0 Å². The molecule has 2 aliphatic rings. The quantitative estimate of drug-likeness (QED) is 0.0204. The maximum atomic E-state index is 13.3. The summed E-state index contributed by atoms with van der Waals surface area (Å²) in [6, 6.07) is -0.911.